The van der Waals surface area contributed by atoms with Crippen LogP contribution < -0.4 is 15.3 Å². The molecule has 9 rings (SSSR count). The van der Waals surface area contributed by atoms with E-state index in [1.807, 2.05) is 0 Å². The van der Waals surface area contributed by atoms with Crippen LogP contribution in [0.5, 0.6) is 0 Å². The summed E-state index contributed by atoms with van der Waals surface area (Å²) in [5.41, 5.74) is 8.07. The van der Waals surface area contributed by atoms with E-state index in [0.717, 1.165) is 22.5 Å². The van der Waals surface area contributed by atoms with Crippen LogP contribution in [0.1, 0.15) is 0 Å². The predicted octanol–water partition coefficient (Wildman–Crippen LogP) is 10.2. The molecule has 1 aromatic heterocycles. The van der Waals surface area contributed by atoms with Gasteiger partial charge in [-0.1, -0.05) is 110 Å². The highest BCUT2D eigenvalue weighted by molar-refractivity contribution is 7.04. The summed E-state index contributed by atoms with van der Waals surface area (Å²) in [6.45, 7) is 4.95. The fourth-order valence-corrected chi connectivity index (χ4v) is 10.3. The smallest absolute Gasteiger partial charge is 0.143 e. The average molecular weight is 568 g/mol. The summed E-state index contributed by atoms with van der Waals surface area (Å²) in [4.78, 5) is 2.40. The van der Waals surface area contributed by atoms with Crippen LogP contribution in [0.2, 0.25) is 13.1 Å². The zero-order chi connectivity index (χ0) is 28.7. The summed E-state index contributed by atoms with van der Waals surface area (Å²) in [5, 5.41) is 10.4. The van der Waals surface area contributed by atoms with Crippen LogP contribution in [0.15, 0.2) is 144 Å². The van der Waals surface area contributed by atoms with Gasteiger partial charge >= 0.3 is 0 Å². The normalized spacial score (nSPS) is 13.5. The molecule has 204 valence electrons. The minimum atomic E-state index is -1.99. The first kappa shape index (κ1) is 24.5. The highest BCUT2D eigenvalue weighted by Crippen LogP contribution is 2.42. The van der Waals surface area contributed by atoms with Crippen molar-refractivity contribution in [1.82, 2.24) is 0 Å². The molecule has 7 aromatic carbocycles. The van der Waals surface area contributed by atoms with E-state index in [4.69, 9.17) is 4.42 Å². The second-order valence-electron chi connectivity index (χ2n) is 12.2. The van der Waals surface area contributed by atoms with Gasteiger partial charge in [0.25, 0.3) is 0 Å². The van der Waals surface area contributed by atoms with Gasteiger partial charge in [-0.3, -0.25) is 0 Å². The molecule has 0 radical (unpaired) electrons. The summed E-state index contributed by atoms with van der Waals surface area (Å²) in [6.07, 6.45) is 0. The van der Waals surface area contributed by atoms with Crippen molar-refractivity contribution < 1.29 is 4.42 Å². The van der Waals surface area contributed by atoms with E-state index in [0.29, 0.717) is 0 Å². The summed E-state index contributed by atoms with van der Waals surface area (Å²) in [5.74, 6) is 0. The Kier molecular flexibility index (Phi) is 5.09. The van der Waals surface area contributed by atoms with Gasteiger partial charge < -0.3 is 9.32 Å². The number of benzene rings is 7. The number of para-hydroxylation sites is 2. The Morgan fingerprint density at radius 3 is 2.05 bits per heavy atom. The van der Waals surface area contributed by atoms with Crippen LogP contribution in [0, 0.1) is 0 Å². The zero-order valence-electron chi connectivity index (χ0n) is 24.1. The third-order valence-electron chi connectivity index (χ3n) is 9.43. The van der Waals surface area contributed by atoms with E-state index in [1.54, 1.807) is 0 Å². The maximum absolute atomic E-state index is 6.55. The second kappa shape index (κ2) is 8.94. The Morgan fingerprint density at radius 1 is 0.488 bits per heavy atom. The fourth-order valence-electron chi connectivity index (χ4n) is 7.29. The number of hydrogen-bond donors (Lipinski definition) is 0. The highest BCUT2D eigenvalue weighted by atomic mass is 28.3. The van der Waals surface area contributed by atoms with Crippen molar-refractivity contribution >= 4 is 79.0 Å². The molecule has 0 amide bonds. The van der Waals surface area contributed by atoms with Crippen LogP contribution in [0.3, 0.4) is 0 Å². The number of hydrogen-bond acceptors (Lipinski definition) is 2. The Bertz CT molecular complexity index is 2380. The van der Waals surface area contributed by atoms with Gasteiger partial charge in [-0.25, -0.2) is 0 Å². The van der Waals surface area contributed by atoms with Gasteiger partial charge in [-0.2, -0.15) is 0 Å². The lowest BCUT2D eigenvalue weighted by molar-refractivity contribution is 0.670. The van der Waals surface area contributed by atoms with Crippen molar-refractivity contribution in [1.29, 1.82) is 0 Å². The monoisotopic (exact) mass is 567 g/mol. The molecule has 0 bridgehead atoms. The summed E-state index contributed by atoms with van der Waals surface area (Å²) in [7, 11) is -1.99. The molecule has 3 heteroatoms. The average Bonchev–Trinajstić information content (AvgIpc) is 3.54. The van der Waals surface area contributed by atoms with Crippen molar-refractivity contribution in [2.45, 2.75) is 13.1 Å². The minimum Gasteiger partial charge on any atom is -0.455 e. The van der Waals surface area contributed by atoms with E-state index in [2.05, 4.69) is 158 Å². The van der Waals surface area contributed by atoms with E-state index in [-0.39, 0.29) is 0 Å². The highest BCUT2D eigenvalue weighted by Gasteiger charge is 2.40. The standard InChI is InChI=1S/C40H29NOSi/c1-43(2)37-23-22-34-33-14-8-9-15-36(33)42-40(34)39(37)35-21-19-30(25-38(35)43)41(28-11-4-3-5-12-28)29-18-20-32-27(24-29)17-16-26-10-6-7-13-31(26)32/h3-25H,1-2H3. The van der Waals surface area contributed by atoms with Crippen molar-refractivity contribution in [2.24, 2.45) is 0 Å². The summed E-state index contributed by atoms with van der Waals surface area (Å²) >= 11 is 0. The van der Waals surface area contributed by atoms with Gasteiger partial charge in [0.2, 0.25) is 0 Å². The molecule has 0 N–H and O–H groups in total. The molecule has 0 aliphatic carbocycles. The van der Waals surface area contributed by atoms with E-state index >= 15 is 0 Å². The number of nitrogens with zero attached hydrogens (tertiary/aromatic N) is 1. The molecule has 1 aliphatic rings. The number of furan rings is 1. The van der Waals surface area contributed by atoms with Crippen LogP contribution in [0.25, 0.3) is 54.6 Å². The van der Waals surface area contributed by atoms with E-state index in [9.17, 15) is 0 Å². The largest absolute Gasteiger partial charge is 0.455 e. The third-order valence-corrected chi connectivity index (χ3v) is 12.9. The molecule has 0 atom stereocenters. The van der Waals surface area contributed by atoms with Gasteiger partial charge in [0.1, 0.15) is 19.2 Å². The lowest BCUT2D eigenvalue weighted by atomic mass is 10.0. The van der Waals surface area contributed by atoms with E-state index in [1.165, 1.54) is 59.5 Å². The van der Waals surface area contributed by atoms with E-state index < -0.39 is 8.07 Å². The van der Waals surface area contributed by atoms with Crippen LogP contribution in [-0.4, -0.2) is 8.07 Å². The van der Waals surface area contributed by atoms with Crippen LogP contribution >= 0.6 is 0 Å². The Balaban J connectivity index is 1.25. The zero-order valence-corrected chi connectivity index (χ0v) is 25.1. The molecule has 8 aromatic rings. The Hall–Kier alpha value is -5.12. The molecule has 2 nitrogen and oxygen atoms in total. The first-order valence-corrected chi connectivity index (χ1v) is 17.9. The van der Waals surface area contributed by atoms with Gasteiger partial charge in [0, 0.05) is 33.4 Å². The quantitative estimate of drug-likeness (QED) is 0.156. The predicted molar refractivity (Wildman–Crippen MR) is 186 cm³/mol. The first-order valence-electron chi connectivity index (χ1n) is 14.9. The van der Waals surface area contributed by atoms with Crippen molar-refractivity contribution in [3.63, 3.8) is 0 Å². The summed E-state index contributed by atoms with van der Waals surface area (Å²) < 4.78 is 6.55. The molecule has 1 aliphatic heterocycles. The molecule has 0 fully saturated rings. The molecular weight excluding hydrogens is 539 g/mol. The fraction of sp³-hybridized carbons (Fsp3) is 0.0500. The SMILES string of the molecule is C[Si]1(C)c2cc(N(c3ccccc3)c3ccc4c(ccc5ccccc54)c3)ccc2-c2c1ccc1c2oc2ccccc21. The third kappa shape index (κ3) is 3.52. The minimum absolute atomic E-state index is 0.953. The second-order valence-corrected chi connectivity index (χ2v) is 16.5. The number of fused-ring (bicyclic) bond motifs is 10. The molecular formula is C40H29NOSi. The van der Waals surface area contributed by atoms with Crippen LogP contribution in [0.4, 0.5) is 17.1 Å². The Labute approximate surface area is 251 Å². The van der Waals surface area contributed by atoms with Gasteiger partial charge in [0.15, 0.2) is 0 Å². The first-order chi connectivity index (χ1) is 21.1. The molecule has 0 unspecified atom stereocenters. The van der Waals surface area contributed by atoms with Crippen molar-refractivity contribution in [3.05, 3.63) is 140 Å². The topological polar surface area (TPSA) is 16.4 Å². The van der Waals surface area contributed by atoms with Crippen molar-refractivity contribution in [3.8, 4) is 11.1 Å². The number of anilines is 3. The lowest BCUT2D eigenvalue weighted by Crippen LogP contribution is -2.49. The maximum Gasteiger partial charge on any atom is 0.143 e. The van der Waals surface area contributed by atoms with Gasteiger partial charge in [0.05, 0.1) is 0 Å². The number of rotatable bonds is 3. The maximum atomic E-state index is 6.55. The molecule has 0 saturated heterocycles. The molecule has 0 spiro atoms. The molecule has 43 heavy (non-hydrogen) atoms. The summed E-state index contributed by atoms with van der Waals surface area (Å²) in [6, 6.07) is 50.8. The molecule has 0 saturated carbocycles. The Morgan fingerprint density at radius 2 is 1.16 bits per heavy atom. The van der Waals surface area contributed by atoms with Gasteiger partial charge in [-0.15, -0.1) is 0 Å². The molecule has 2 heterocycles. The van der Waals surface area contributed by atoms with Crippen molar-refractivity contribution in [2.75, 3.05) is 4.90 Å². The van der Waals surface area contributed by atoms with Gasteiger partial charge in [-0.05, 0) is 79.9 Å². The van der Waals surface area contributed by atoms with Crippen LogP contribution in [-0.2, 0) is 0 Å². The lowest BCUT2D eigenvalue weighted by Gasteiger charge is -2.28.